The Bertz CT molecular complexity index is 877. The van der Waals surface area contributed by atoms with Crippen molar-refractivity contribution in [2.75, 3.05) is 19.6 Å². The molecule has 0 radical (unpaired) electrons. The van der Waals surface area contributed by atoms with E-state index in [1.807, 2.05) is 19.2 Å². The molecule has 8 heteroatoms. The summed E-state index contributed by atoms with van der Waals surface area (Å²) in [6.45, 7) is 4.28. The zero-order valence-electron chi connectivity index (χ0n) is 15.0. The van der Waals surface area contributed by atoms with Gasteiger partial charge >= 0.3 is 6.03 Å². The van der Waals surface area contributed by atoms with Gasteiger partial charge in [-0.15, -0.1) is 0 Å². The molecule has 142 valence electrons. The summed E-state index contributed by atoms with van der Waals surface area (Å²) in [6, 6.07) is 4.61. The van der Waals surface area contributed by atoms with Gasteiger partial charge in [-0.2, -0.15) is 0 Å². The third kappa shape index (κ3) is 3.75. The molecule has 1 aromatic heterocycles. The molecule has 6 nitrogen and oxygen atoms in total. The SMILES string of the molecule is Cc1ncc2c(n1)CN(C(=O)N[C@@H]1CNC[C@H]1c1ccc(Cl)c(F)c1)CC2. The van der Waals surface area contributed by atoms with Crippen LogP contribution in [0.4, 0.5) is 9.18 Å². The van der Waals surface area contributed by atoms with Crippen LogP contribution in [0.3, 0.4) is 0 Å². The Morgan fingerprint density at radius 3 is 3.07 bits per heavy atom. The number of carbonyl (C=O) groups is 1. The van der Waals surface area contributed by atoms with Crippen LogP contribution in [0, 0.1) is 12.7 Å². The Labute approximate surface area is 162 Å². The molecule has 2 amide bonds. The van der Waals surface area contributed by atoms with E-state index in [4.69, 9.17) is 11.6 Å². The molecule has 0 aliphatic carbocycles. The second kappa shape index (κ2) is 7.40. The van der Waals surface area contributed by atoms with E-state index in [1.165, 1.54) is 6.07 Å². The van der Waals surface area contributed by atoms with Crippen LogP contribution in [0.25, 0.3) is 0 Å². The number of aryl methyl sites for hydroxylation is 1. The van der Waals surface area contributed by atoms with Crippen molar-refractivity contribution in [2.45, 2.75) is 31.8 Å². The van der Waals surface area contributed by atoms with Gasteiger partial charge in [0.05, 0.1) is 23.3 Å². The molecule has 2 atom stereocenters. The number of hydrogen-bond acceptors (Lipinski definition) is 4. The lowest BCUT2D eigenvalue weighted by molar-refractivity contribution is 0.187. The summed E-state index contributed by atoms with van der Waals surface area (Å²) < 4.78 is 13.8. The number of hydrogen-bond donors (Lipinski definition) is 2. The van der Waals surface area contributed by atoms with Crippen molar-refractivity contribution in [1.29, 1.82) is 0 Å². The van der Waals surface area contributed by atoms with Gasteiger partial charge in [0.2, 0.25) is 0 Å². The van der Waals surface area contributed by atoms with Gasteiger partial charge in [0, 0.05) is 31.7 Å². The number of urea groups is 1. The van der Waals surface area contributed by atoms with Gasteiger partial charge in [-0.1, -0.05) is 17.7 Å². The second-order valence-corrected chi connectivity index (χ2v) is 7.46. The van der Waals surface area contributed by atoms with Crippen molar-refractivity contribution >= 4 is 17.6 Å². The summed E-state index contributed by atoms with van der Waals surface area (Å²) in [6.07, 6.45) is 2.59. The minimum absolute atomic E-state index is 0.00219. The summed E-state index contributed by atoms with van der Waals surface area (Å²) in [7, 11) is 0. The Morgan fingerprint density at radius 1 is 1.41 bits per heavy atom. The molecule has 1 aromatic carbocycles. The van der Waals surface area contributed by atoms with Crippen LogP contribution in [-0.4, -0.2) is 46.6 Å². The first kappa shape index (κ1) is 18.1. The van der Waals surface area contributed by atoms with Gasteiger partial charge < -0.3 is 15.5 Å². The molecule has 1 fully saturated rings. The van der Waals surface area contributed by atoms with E-state index in [2.05, 4.69) is 20.6 Å². The molecule has 0 saturated carbocycles. The van der Waals surface area contributed by atoms with Crippen LogP contribution >= 0.6 is 11.6 Å². The third-order valence-corrected chi connectivity index (χ3v) is 5.55. The highest BCUT2D eigenvalue weighted by atomic mass is 35.5. The Hall–Kier alpha value is -2.25. The van der Waals surface area contributed by atoms with Crippen molar-refractivity contribution in [3.05, 3.63) is 57.9 Å². The van der Waals surface area contributed by atoms with E-state index >= 15 is 0 Å². The molecule has 0 spiro atoms. The standard InChI is InChI=1S/C19H21ClFN5O/c1-11-23-7-13-4-5-26(10-18(13)24-11)19(27)25-17-9-22-8-14(17)12-2-3-15(20)16(21)6-12/h2-3,6-7,14,17,22H,4-5,8-10H2,1H3,(H,25,27)/t14-,17+/m0/s1. The average molecular weight is 390 g/mol. The Balaban J connectivity index is 1.45. The molecule has 27 heavy (non-hydrogen) atoms. The van der Waals surface area contributed by atoms with E-state index in [-0.39, 0.29) is 23.0 Å². The van der Waals surface area contributed by atoms with Crippen molar-refractivity contribution < 1.29 is 9.18 Å². The molecule has 2 aromatic rings. The molecule has 0 unspecified atom stereocenters. The van der Waals surface area contributed by atoms with Crippen LogP contribution < -0.4 is 10.6 Å². The van der Waals surface area contributed by atoms with Gasteiger partial charge in [-0.25, -0.2) is 19.2 Å². The average Bonchev–Trinajstić information content (AvgIpc) is 3.11. The second-order valence-electron chi connectivity index (χ2n) is 7.05. The number of nitrogens with one attached hydrogen (secondary N) is 2. The molecule has 2 aliphatic rings. The number of amides is 2. The summed E-state index contributed by atoms with van der Waals surface area (Å²) in [4.78, 5) is 23.2. The molecular weight excluding hydrogens is 369 g/mol. The maximum atomic E-state index is 13.8. The topological polar surface area (TPSA) is 70.2 Å². The lowest BCUT2D eigenvalue weighted by atomic mass is 9.94. The van der Waals surface area contributed by atoms with E-state index in [9.17, 15) is 9.18 Å². The zero-order chi connectivity index (χ0) is 19.0. The van der Waals surface area contributed by atoms with E-state index in [0.717, 1.165) is 23.2 Å². The van der Waals surface area contributed by atoms with Gasteiger partial charge in [0.1, 0.15) is 11.6 Å². The van der Waals surface area contributed by atoms with Crippen LogP contribution in [0.15, 0.2) is 24.4 Å². The number of halogens is 2. The van der Waals surface area contributed by atoms with Crippen LogP contribution in [0.5, 0.6) is 0 Å². The number of nitrogens with zero attached hydrogens (tertiary/aromatic N) is 3. The fourth-order valence-corrected chi connectivity index (χ4v) is 3.87. The largest absolute Gasteiger partial charge is 0.333 e. The lowest BCUT2D eigenvalue weighted by Crippen LogP contribution is -2.48. The summed E-state index contributed by atoms with van der Waals surface area (Å²) in [5, 5.41) is 6.49. The minimum Gasteiger partial charge on any atom is -0.333 e. The normalized spacial score (nSPS) is 21.8. The first-order valence-electron chi connectivity index (χ1n) is 9.04. The van der Waals surface area contributed by atoms with Crippen LogP contribution in [0.1, 0.15) is 28.6 Å². The third-order valence-electron chi connectivity index (χ3n) is 5.25. The Morgan fingerprint density at radius 2 is 2.26 bits per heavy atom. The maximum absolute atomic E-state index is 13.8. The number of fused-ring (bicyclic) bond motifs is 1. The van der Waals surface area contributed by atoms with Crippen LogP contribution in [-0.2, 0) is 13.0 Å². The summed E-state index contributed by atoms with van der Waals surface area (Å²) in [5.74, 6) is 0.275. The van der Waals surface area contributed by atoms with Crippen molar-refractivity contribution in [2.24, 2.45) is 0 Å². The van der Waals surface area contributed by atoms with Gasteiger partial charge in [0.25, 0.3) is 0 Å². The monoisotopic (exact) mass is 389 g/mol. The number of benzene rings is 1. The van der Waals surface area contributed by atoms with Crippen LogP contribution in [0.2, 0.25) is 5.02 Å². The number of carbonyl (C=O) groups excluding carboxylic acids is 1. The van der Waals surface area contributed by atoms with Gasteiger partial charge in [-0.05, 0) is 36.6 Å². The number of rotatable bonds is 2. The quantitative estimate of drug-likeness (QED) is 0.827. The van der Waals surface area contributed by atoms with Crippen molar-refractivity contribution in [1.82, 2.24) is 25.5 Å². The zero-order valence-corrected chi connectivity index (χ0v) is 15.8. The smallest absolute Gasteiger partial charge is 0.318 e. The Kier molecular flexibility index (Phi) is 4.97. The highest BCUT2D eigenvalue weighted by Gasteiger charge is 2.32. The number of aromatic nitrogens is 2. The fourth-order valence-electron chi connectivity index (χ4n) is 3.75. The highest BCUT2D eigenvalue weighted by molar-refractivity contribution is 6.30. The molecule has 3 heterocycles. The van der Waals surface area contributed by atoms with E-state index in [0.29, 0.717) is 32.0 Å². The van der Waals surface area contributed by atoms with E-state index in [1.54, 1.807) is 11.0 Å². The molecule has 0 bridgehead atoms. The molecular formula is C19H21ClFN5O. The summed E-state index contributed by atoms with van der Waals surface area (Å²) >= 11 is 5.78. The molecule has 2 aliphatic heterocycles. The molecule has 1 saturated heterocycles. The van der Waals surface area contributed by atoms with Crippen molar-refractivity contribution in [3.8, 4) is 0 Å². The maximum Gasteiger partial charge on any atom is 0.318 e. The molecule has 2 N–H and O–H groups in total. The first-order chi connectivity index (χ1) is 13.0. The lowest BCUT2D eigenvalue weighted by Gasteiger charge is -2.30. The van der Waals surface area contributed by atoms with Gasteiger partial charge in [0.15, 0.2) is 0 Å². The predicted octanol–water partition coefficient (Wildman–Crippen LogP) is 2.40. The highest BCUT2D eigenvalue weighted by Crippen LogP contribution is 2.27. The van der Waals surface area contributed by atoms with Gasteiger partial charge in [-0.3, -0.25) is 0 Å². The van der Waals surface area contributed by atoms with Crippen molar-refractivity contribution in [3.63, 3.8) is 0 Å². The predicted molar refractivity (Wildman–Crippen MR) is 100 cm³/mol. The first-order valence-corrected chi connectivity index (χ1v) is 9.41. The fraction of sp³-hybridized carbons (Fsp3) is 0.421. The minimum atomic E-state index is -0.436. The summed E-state index contributed by atoms with van der Waals surface area (Å²) in [5.41, 5.74) is 2.84. The molecule has 4 rings (SSSR count). The van der Waals surface area contributed by atoms with E-state index < -0.39 is 5.82 Å².